The van der Waals surface area contributed by atoms with E-state index in [0.717, 1.165) is 0 Å². The second-order valence-electron chi connectivity index (χ2n) is 3.01. The summed E-state index contributed by atoms with van der Waals surface area (Å²) in [6, 6.07) is 1.30. The third-order valence-corrected chi connectivity index (χ3v) is 1.78. The number of carbonyl (C=O) groups excluding carboxylic acids is 1. The fraction of sp³-hybridized carbons (Fsp3) is 0.400. The molecule has 4 heteroatoms. The molecular weight excluding hydrogens is 185 g/mol. The lowest BCUT2D eigenvalue weighted by Gasteiger charge is -2.01. The number of hydrogen-bond donors (Lipinski definition) is 0. The molecule has 14 heavy (non-hydrogen) atoms. The van der Waals surface area contributed by atoms with Gasteiger partial charge in [0.05, 0.1) is 6.61 Å². The monoisotopic (exact) mass is 197 g/mol. The van der Waals surface area contributed by atoms with Crippen molar-refractivity contribution >= 4 is 5.78 Å². The number of ketones is 1. The van der Waals surface area contributed by atoms with E-state index in [-0.39, 0.29) is 24.5 Å². The van der Waals surface area contributed by atoms with Gasteiger partial charge in [-0.1, -0.05) is 0 Å². The van der Waals surface area contributed by atoms with E-state index in [9.17, 15) is 9.18 Å². The number of carbonyl (C=O) groups is 1. The lowest BCUT2D eigenvalue weighted by molar-refractivity contribution is 0.0923. The molecule has 0 aliphatic rings. The molecule has 0 N–H and O–H groups in total. The molecule has 1 aromatic heterocycles. The first kappa shape index (κ1) is 10.8. The standard InChI is InChI=1S/C10H12FNO2/c1-7-5-8(11)10(12-6-7)9(13)3-4-14-2/h5-6H,3-4H2,1-2H3. The van der Waals surface area contributed by atoms with Gasteiger partial charge < -0.3 is 4.74 Å². The molecule has 1 heterocycles. The third kappa shape index (κ3) is 2.60. The molecular formula is C10H12FNO2. The Morgan fingerprint density at radius 3 is 2.93 bits per heavy atom. The van der Waals surface area contributed by atoms with Crippen molar-refractivity contribution in [2.24, 2.45) is 0 Å². The number of Topliss-reactive ketones (excluding diaryl/α,β-unsaturated/α-hetero) is 1. The SMILES string of the molecule is COCCC(=O)c1ncc(C)cc1F. The molecule has 0 aromatic carbocycles. The summed E-state index contributed by atoms with van der Waals surface area (Å²) < 4.78 is 17.9. The molecule has 1 rings (SSSR count). The molecule has 0 spiro atoms. The molecule has 0 aliphatic carbocycles. The number of aromatic nitrogens is 1. The fourth-order valence-corrected chi connectivity index (χ4v) is 1.05. The van der Waals surface area contributed by atoms with Crippen LogP contribution in [0.3, 0.4) is 0 Å². The van der Waals surface area contributed by atoms with E-state index in [1.807, 2.05) is 0 Å². The van der Waals surface area contributed by atoms with Crippen molar-refractivity contribution in [1.82, 2.24) is 4.98 Å². The van der Waals surface area contributed by atoms with E-state index in [1.54, 1.807) is 6.92 Å². The number of pyridine rings is 1. The van der Waals surface area contributed by atoms with Gasteiger partial charge in [0.2, 0.25) is 0 Å². The minimum atomic E-state index is -0.564. The predicted molar refractivity (Wildman–Crippen MR) is 49.8 cm³/mol. The number of ether oxygens (including phenoxy) is 1. The largest absolute Gasteiger partial charge is 0.384 e. The molecule has 0 atom stereocenters. The molecule has 0 saturated heterocycles. The van der Waals surface area contributed by atoms with Crippen LogP contribution in [0.25, 0.3) is 0 Å². The van der Waals surface area contributed by atoms with Gasteiger partial charge >= 0.3 is 0 Å². The summed E-state index contributed by atoms with van der Waals surface area (Å²) in [5, 5.41) is 0. The lowest BCUT2D eigenvalue weighted by Crippen LogP contribution is -2.08. The Labute approximate surface area is 81.9 Å². The molecule has 1 aromatic rings. The first-order valence-electron chi connectivity index (χ1n) is 4.29. The van der Waals surface area contributed by atoms with Gasteiger partial charge in [-0.05, 0) is 18.6 Å². The second kappa shape index (κ2) is 4.81. The highest BCUT2D eigenvalue weighted by atomic mass is 19.1. The average Bonchev–Trinajstić information content (AvgIpc) is 2.14. The third-order valence-electron chi connectivity index (χ3n) is 1.78. The minimum Gasteiger partial charge on any atom is -0.384 e. The average molecular weight is 197 g/mol. The normalized spacial score (nSPS) is 10.2. The van der Waals surface area contributed by atoms with Crippen LogP contribution in [0.5, 0.6) is 0 Å². The van der Waals surface area contributed by atoms with Crippen molar-refractivity contribution in [2.45, 2.75) is 13.3 Å². The molecule has 0 amide bonds. The molecule has 0 aliphatic heterocycles. The van der Waals surface area contributed by atoms with E-state index in [2.05, 4.69) is 4.98 Å². The molecule has 0 bridgehead atoms. The van der Waals surface area contributed by atoms with Crippen molar-refractivity contribution in [1.29, 1.82) is 0 Å². The Balaban J connectivity index is 2.80. The minimum absolute atomic E-state index is 0.104. The topological polar surface area (TPSA) is 39.2 Å². The Hall–Kier alpha value is -1.29. The summed E-state index contributed by atoms with van der Waals surface area (Å²) in [6.07, 6.45) is 1.63. The van der Waals surface area contributed by atoms with Gasteiger partial charge in [0, 0.05) is 19.7 Å². The highest BCUT2D eigenvalue weighted by Gasteiger charge is 2.12. The molecule has 0 fully saturated rings. The van der Waals surface area contributed by atoms with Crippen molar-refractivity contribution in [2.75, 3.05) is 13.7 Å². The maximum absolute atomic E-state index is 13.2. The van der Waals surface area contributed by atoms with Crippen LogP contribution in [0.15, 0.2) is 12.3 Å². The number of rotatable bonds is 4. The highest BCUT2D eigenvalue weighted by Crippen LogP contribution is 2.08. The summed E-state index contributed by atoms with van der Waals surface area (Å²) >= 11 is 0. The van der Waals surface area contributed by atoms with Crippen LogP contribution in [0.1, 0.15) is 22.5 Å². The summed E-state index contributed by atoms with van der Waals surface area (Å²) in [6.45, 7) is 2.01. The fourth-order valence-electron chi connectivity index (χ4n) is 1.05. The summed E-state index contributed by atoms with van der Waals surface area (Å²) in [5.41, 5.74) is 0.596. The molecule has 76 valence electrons. The Kier molecular flexibility index (Phi) is 3.71. The van der Waals surface area contributed by atoms with Gasteiger partial charge in [0.1, 0.15) is 5.69 Å². The highest BCUT2D eigenvalue weighted by molar-refractivity contribution is 5.94. The van der Waals surface area contributed by atoms with Gasteiger partial charge in [-0.2, -0.15) is 0 Å². The first-order valence-corrected chi connectivity index (χ1v) is 4.29. The second-order valence-corrected chi connectivity index (χ2v) is 3.01. The van der Waals surface area contributed by atoms with E-state index in [4.69, 9.17) is 4.74 Å². The van der Waals surface area contributed by atoms with Crippen LogP contribution in [0.4, 0.5) is 4.39 Å². The van der Waals surface area contributed by atoms with E-state index < -0.39 is 5.82 Å². The predicted octanol–water partition coefficient (Wildman–Crippen LogP) is 1.75. The van der Waals surface area contributed by atoms with Crippen LogP contribution in [-0.2, 0) is 4.74 Å². The smallest absolute Gasteiger partial charge is 0.186 e. The van der Waals surface area contributed by atoms with Crippen molar-refractivity contribution < 1.29 is 13.9 Å². The Morgan fingerprint density at radius 2 is 2.36 bits per heavy atom. The van der Waals surface area contributed by atoms with Gasteiger partial charge in [-0.25, -0.2) is 9.37 Å². The van der Waals surface area contributed by atoms with E-state index in [1.165, 1.54) is 19.4 Å². The molecule has 3 nitrogen and oxygen atoms in total. The van der Waals surface area contributed by atoms with Crippen LogP contribution in [0, 0.1) is 12.7 Å². The molecule has 0 saturated carbocycles. The number of halogens is 1. The number of hydrogen-bond acceptors (Lipinski definition) is 3. The van der Waals surface area contributed by atoms with Crippen LogP contribution >= 0.6 is 0 Å². The van der Waals surface area contributed by atoms with E-state index in [0.29, 0.717) is 5.56 Å². The van der Waals surface area contributed by atoms with E-state index >= 15 is 0 Å². The molecule has 0 unspecified atom stereocenters. The zero-order chi connectivity index (χ0) is 10.6. The van der Waals surface area contributed by atoms with Crippen LogP contribution in [0.2, 0.25) is 0 Å². The number of aryl methyl sites for hydroxylation is 1. The Morgan fingerprint density at radius 1 is 1.64 bits per heavy atom. The summed E-state index contributed by atoms with van der Waals surface area (Å²) in [5.74, 6) is -0.893. The summed E-state index contributed by atoms with van der Waals surface area (Å²) in [7, 11) is 1.49. The van der Waals surface area contributed by atoms with Crippen molar-refractivity contribution in [3.05, 3.63) is 29.3 Å². The molecule has 0 radical (unpaired) electrons. The van der Waals surface area contributed by atoms with Gasteiger partial charge in [-0.3, -0.25) is 4.79 Å². The van der Waals surface area contributed by atoms with Gasteiger partial charge in [0.25, 0.3) is 0 Å². The lowest BCUT2D eigenvalue weighted by atomic mass is 10.1. The van der Waals surface area contributed by atoms with Crippen molar-refractivity contribution in [3.63, 3.8) is 0 Å². The zero-order valence-corrected chi connectivity index (χ0v) is 8.21. The number of methoxy groups -OCH3 is 1. The summed E-state index contributed by atoms with van der Waals surface area (Å²) in [4.78, 5) is 15.1. The van der Waals surface area contributed by atoms with Gasteiger partial charge in [0.15, 0.2) is 11.6 Å². The zero-order valence-electron chi connectivity index (χ0n) is 8.21. The van der Waals surface area contributed by atoms with Crippen LogP contribution in [-0.4, -0.2) is 24.5 Å². The maximum atomic E-state index is 13.2. The first-order chi connectivity index (χ1) is 6.65. The van der Waals surface area contributed by atoms with Crippen molar-refractivity contribution in [3.8, 4) is 0 Å². The van der Waals surface area contributed by atoms with Crippen LogP contribution < -0.4 is 0 Å². The quantitative estimate of drug-likeness (QED) is 0.690. The Bertz CT molecular complexity index is 339. The maximum Gasteiger partial charge on any atom is 0.186 e. The van der Waals surface area contributed by atoms with Gasteiger partial charge in [-0.15, -0.1) is 0 Å². The number of nitrogens with zero attached hydrogens (tertiary/aromatic N) is 1.